The Bertz CT molecular complexity index is 1270. The zero-order valence-electron chi connectivity index (χ0n) is 21.0. The highest BCUT2D eigenvalue weighted by Gasteiger charge is 2.38. The van der Waals surface area contributed by atoms with Gasteiger partial charge in [-0.1, -0.05) is 42.6 Å². The molecule has 2 aromatic heterocycles. The molecule has 3 aromatic rings. The molecule has 204 valence electrons. The van der Waals surface area contributed by atoms with E-state index in [0.29, 0.717) is 30.8 Å². The summed E-state index contributed by atoms with van der Waals surface area (Å²) in [5.41, 5.74) is 2.71. The van der Waals surface area contributed by atoms with Crippen LogP contribution in [0.25, 0.3) is 22.4 Å². The number of likely N-dealkylation sites (tertiary alicyclic amines) is 1. The van der Waals surface area contributed by atoms with Crippen molar-refractivity contribution in [3.05, 3.63) is 41.8 Å². The number of rotatable bonds is 3. The van der Waals surface area contributed by atoms with Crippen molar-refractivity contribution in [2.24, 2.45) is 0 Å². The molecule has 1 saturated heterocycles. The molecule has 12 heteroatoms. The zero-order valence-corrected chi connectivity index (χ0v) is 21.0. The number of para-hydroxylation sites is 1. The van der Waals surface area contributed by atoms with Gasteiger partial charge in [0.1, 0.15) is 5.69 Å². The number of nitrogens with zero attached hydrogens (tertiary/aromatic N) is 4. The van der Waals surface area contributed by atoms with Crippen molar-refractivity contribution in [3.63, 3.8) is 0 Å². The molecule has 2 N–H and O–H groups in total. The van der Waals surface area contributed by atoms with Crippen LogP contribution in [0.1, 0.15) is 62.3 Å². The molecule has 0 bridgehead atoms. The Morgan fingerprint density at radius 3 is 2.37 bits per heavy atom. The van der Waals surface area contributed by atoms with Gasteiger partial charge in [-0.2, -0.15) is 18.2 Å². The highest BCUT2D eigenvalue weighted by atomic mass is 19.4. The fourth-order valence-corrected chi connectivity index (χ4v) is 4.79. The molecular formula is C26H30F3N5O4. The van der Waals surface area contributed by atoms with E-state index in [-0.39, 0.29) is 11.9 Å². The Hall–Kier alpha value is -3.70. The molecule has 5 rings (SSSR count). The Kier molecular flexibility index (Phi) is 8.48. The monoisotopic (exact) mass is 533 g/mol. The minimum absolute atomic E-state index is 0.0764. The van der Waals surface area contributed by atoms with Gasteiger partial charge in [-0.15, -0.1) is 0 Å². The van der Waals surface area contributed by atoms with E-state index in [2.05, 4.69) is 27.6 Å². The quantitative estimate of drug-likeness (QED) is 0.459. The minimum Gasteiger partial charge on any atom is -0.475 e. The second-order valence-electron chi connectivity index (χ2n) is 9.65. The van der Waals surface area contributed by atoms with Gasteiger partial charge >= 0.3 is 18.2 Å². The molecular weight excluding hydrogens is 503 g/mol. The van der Waals surface area contributed by atoms with Crippen LogP contribution >= 0.6 is 0 Å². The Labute approximate surface area is 217 Å². The molecule has 1 aromatic carbocycles. The molecule has 3 heterocycles. The molecule has 1 saturated carbocycles. The molecule has 2 amide bonds. The van der Waals surface area contributed by atoms with Crippen LogP contribution in [0.3, 0.4) is 0 Å². The van der Waals surface area contributed by atoms with Crippen LogP contribution in [0, 0.1) is 6.92 Å². The summed E-state index contributed by atoms with van der Waals surface area (Å²) in [6.07, 6.45) is 2.53. The van der Waals surface area contributed by atoms with Crippen LogP contribution in [-0.2, 0) is 4.79 Å². The lowest BCUT2D eigenvalue weighted by molar-refractivity contribution is -0.192. The third kappa shape index (κ3) is 6.78. The van der Waals surface area contributed by atoms with Crippen LogP contribution in [0.15, 0.2) is 34.9 Å². The topological polar surface area (TPSA) is 121 Å². The standard InChI is InChI=1S/C24H29N5O2.C2HF3O2/c1-16-15-18-7-5-6-10-20(18)26-21(16)22-27-23(31-28-22)17-11-13-29(14-12-17)24(30)25-19-8-3-2-4-9-19;3-2(4,5)1(6)7/h5-7,10,15,17,19H,2-4,8-9,11-14H2,1H3,(H,25,30);(H,6,7). The number of nitrogens with one attached hydrogen (secondary N) is 1. The van der Waals surface area contributed by atoms with E-state index in [1.165, 1.54) is 19.3 Å². The van der Waals surface area contributed by atoms with Crippen molar-refractivity contribution in [1.82, 2.24) is 25.3 Å². The van der Waals surface area contributed by atoms with E-state index in [1.807, 2.05) is 30.0 Å². The van der Waals surface area contributed by atoms with Crippen molar-refractivity contribution in [3.8, 4) is 11.5 Å². The Morgan fingerprint density at radius 1 is 1.05 bits per heavy atom. The van der Waals surface area contributed by atoms with Crippen molar-refractivity contribution in [1.29, 1.82) is 0 Å². The average molecular weight is 534 g/mol. The lowest BCUT2D eigenvalue weighted by atomic mass is 9.95. The number of pyridine rings is 1. The molecule has 2 fully saturated rings. The molecule has 0 radical (unpaired) electrons. The van der Waals surface area contributed by atoms with Gasteiger partial charge in [-0.3, -0.25) is 0 Å². The fraction of sp³-hybridized carbons (Fsp3) is 0.500. The van der Waals surface area contributed by atoms with Crippen molar-refractivity contribution < 1.29 is 32.4 Å². The molecule has 0 spiro atoms. The first-order valence-electron chi connectivity index (χ1n) is 12.7. The summed E-state index contributed by atoms with van der Waals surface area (Å²) >= 11 is 0. The van der Waals surface area contributed by atoms with Gasteiger partial charge in [0.05, 0.1) is 5.52 Å². The number of hydrogen-bond acceptors (Lipinski definition) is 6. The van der Waals surface area contributed by atoms with Crippen molar-refractivity contribution in [2.75, 3.05) is 13.1 Å². The summed E-state index contributed by atoms with van der Waals surface area (Å²) in [4.78, 5) is 32.8. The number of carboxylic acids is 1. The smallest absolute Gasteiger partial charge is 0.475 e. The second-order valence-corrected chi connectivity index (χ2v) is 9.65. The molecule has 38 heavy (non-hydrogen) atoms. The van der Waals surface area contributed by atoms with E-state index in [4.69, 9.17) is 19.4 Å². The van der Waals surface area contributed by atoms with E-state index in [1.54, 1.807) is 0 Å². The molecule has 1 aliphatic heterocycles. The maximum Gasteiger partial charge on any atom is 0.490 e. The normalized spacial score (nSPS) is 17.1. The van der Waals surface area contributed by atoms with Crippen LogP contribution in [0.4, 0.5) is 18.0 Å². The molecule has 1 aliphatic carbocycles. The van der Waals surface area contributed by atoms with Gasteiger partial charge < -0.3 is 19.8 Å². The number of urea groups is 1. The number of carbonyl (C=O) groups is 2. The first-order chi connectivity index (χ1) is 18.1. The average Bonchev–Trinajstić information content (AvgIpc) is 3.39. The third-order valence-corrected chi connectivity index (χ3v) is 6.87. The van der Waals surface area contributed by atoms with Gasteiger partial charge in [-0.25, -0.2) is 14.6 Å². The second kappa shape index (κ2) is 11.8. The first kappa shape index (κ1) is 27.3. The lowest BCUT2D eigenvalue weighted by Crippen LogP contribution is -2.48. The number of aromatic nitrogens is 3. The predicted molar refractivity (Wildman–Crippen MR) is 132 cm³/mol. The van der Waals surface area contributed by atoms with Crippen molar-refractivity contribution in [2.45, 2.75) is 70.0 Å². The summed E-state index contributed by atoms with van der Waals surface area (Å²) < 4.78 is 37.4. The number of halogens is 3. The maximum atomic E-state index is 12.6. The van der Waals surface area contributed by atoms with Crippen LogP contribution in [0.5, 0.6) is 0 Å². The summed E-state index contributed by atoms with van der Waals surface area (Å²) in [6.45, 7) is 3.45. The number of carbonyl (C=O) groups excluding carboxylic acids is 1. The highest BCUT2D eigenvalue weighted by molar-refractivity contribution is 5.82. The van der Waals surface area contributed by atoms with Crippen LogP contribution in [-0.4, -0.2) is 62.4 Å². The summed E-state index contributed by atoms with van der Waals surface area (Å²) in [5, 5.41) is 15.7. The van der Waals surface area contributed by atoms with Gasteiger partial charge in [-0.05, 0) is 50.3 Å². The molecule has 9 nitrogen and oxygen atoms in total. The molecule has 0 atom stereocenters. The van der Waals surface area contributed by atoms with Crippen molar-refractivity contribution >= 4 is 22.9 Å². The lowest BCUT2D eigenvalue weighted by Gasteiger charge is -2.32. The van der Waals surface area contributed by atoms with Gasteiger partial charge in [0, 0.05) is 30.4 Å². The van der Waals surface area contributed by atoms with Gasteiger partial charge in [0.25, 0.3) is 0 Å². The summed E-state index contributed by atoms with van der Waals surface area (Å²) in [5.74, 6) is -1.39. The fourth-order valence-electron chi connectivity index (χ4n) is 4.79. The van der Waals surface area contributed by atoms with E-state index in [9.17, 15) is 18.0 Å². The van der Waals surface area contributed by atoms with E-state index < -0.39 is 12.1 Å². The number of alkyl halides is 3. The van der Waals surface area contributed by atoms with E-state index >= 15 is 0 Å². The predicted octanol–water partition coefficient (Wildman–Crippen LogP) is 5.45. The maximum absolute atomic E-state index is 12.6. The summed E-state index contributed by atoms with van der Waals surface area (Å²) in [7, 11) is 0. The highest BCUT2D eigenvalue weighted by Crippen LogP contribution is 2.30. The number of aliphatic carboxylic acids is 1. The Balaban J connectivity index is 0.000000426. The first-order valence-corrected chi connectivity index (χ1v) is 12.7. The molecule has 2 aliphatic rings. The largest absolute Gasteiger partial charge is 0.490 e. The number of carboxylic acid groups (broad SMARTS) is 1. The SMILES string of the molecule is Cc1cc2ccccc2nc1-c1noc(C2CCN(C(=O)NC3CCCCC3)CC2)n1.O=C(O)C(F)(F)F. The number of fused-ring (bicyclic) bond motifs is 1. The number of hydrogen-bond donors (Lipinski definition) is 2. The molecule has 0 unspecified atom stereocenters. The van der Waals surface area contributed by atoms with Gasteiger partial charge in [0.2, 0.25) is 11.7 Å². The number of amides is 2. The van der Waals surface area contributed by atoms with E-state index in [0.717, 1.165) is 47.8 Å². The minimum atomic E-state index is -5.08. The number of piperidine rings is 1. The number of aryl methyl sites for hydroxylation is 1. The Morgan fingerprint density at radius 2 is 1.71 bits per heavy atom. The van der Waals surface area contributed by atoms with Gasteiger partial charge in [0.15, 0.2) is 0 Å². The van der Waals surface area contributed by atoms with Crippen LogP contribution < -0.4 is 5.32 Å². The zero-order chi connectivity index (χ0) is 27.3. The third-order valence-electron chi connectivity index (χ3n) is 6.87. The summed E-state index contributed by atoms with van der Waals surface area (Å²) in [6, 6.07) is 10.6. The number of benzene rings is 1. The van der Waals surface area contributed by atoms with Crippen LogP contribution in [0.2, 0.25) is 0 Å².